The summed E-state index contributed by atoms with van der Waals surface area (Å²) in [6.07, 6.45) is 0.941. The molecule has 1 aromatic carbocycles. The van der Waals surface area contributed by atoms with Gasteiger partial charge in [-0.2, -0.15) is 0 Å². The normalized spacial score (nSPS) is 21.4. The molecule has 0 amide bonds. The van der Waals surface area contributed by atoms with Crippen molar-refractivity contribution in [1.82, 2.24) is 5.32 Å². The summed E-state index contributed by atoms with van der Waals surface area (Å²) in [6, 6.07) is 3.02. The lowest BCUT2D eigenvalue weighted by Crippen LogP contribution is -2.08. The topological polar surface area (TPSA) is 52.5 Å². The van der Waals surface area contributed by atoms with Crippen molar-refractivity contribution in [2.75, 3.05) is 13.1 Å². The fourth-order valence-electron chi connectivity index (χ4n) is 1.86. The minimum Gasteiger partial charge on any atom is -0.504 e. The molecule has 1 saturated heterocycles. The van der Waals surface area contributed by atoms with Crippen molar-refractivity contribution in [3.63, 3.8) is 0 Å². The van der Waals surface area contributed by atoms with E-state index in [0.29, 0.717) is 10.6 Å². The maximum Gasteiger partial charge on any atom is 0.162 e. The summed E-state index contributed by atoms with van der Waals surface area (Å²) in [4.78, 5) is 0. The number of halogens is 1. The van der Waals surface area contributed by atoms with Gasteiger partial charge in [-0.1, -0.05) is 11.6 Å². The standard InChI is InChI=1S/C10H12ClNO2/c11-7-1-2-8(13)10(14)9(7)6-3-4-12-5-6/h1-2,6,12-14H,3-5H2. The third-order valence-corrected chi connectivity index (χ3v) is 2.94. The van der Waals surface area contributed by atoms with Crippen molar-refractivity contribution < 1.29 is 10.2 Å². The number of phenols is 2. The third-order valence-electron chi connectivity index (χ3n) is 2.61. The summed E-state index contributed by atoms with van der Waals surface area (Å²) in [5, 5.41) is 22.7. The third kappa shape index (κ3) is 1.53. The van der Waals surface area contributed by atoms with E-state index >= 15 is 0 Å². The van der Waals surface area contributed by atoms with E-state index < -0.39 is 0 Å². The lowest BCUT2D eigenvalue weighted by atomic mass is 9.97. The van der Waals surface area contributed by atoms with E-state index in [1.807, 2.05) is 0 Å². The molecule has 1 atom stereocenters. The molecule has 1 aromatic rings. The molecule has 2 rings (SSSR count). The molecule has 0 aromatic heterocycles. The minimum absolute atomic E-state index is 0.0776. The van der Waals surface area contributed by atoms with Crippen LogP contribution in [0.2, 0.25) is 5.02 Å². The highest BCUT2D eigenvalue weighted by atomic mass is 35.5. The van der Waals surface area contributed by atoms with Gasteiger partial charge in [0.25, 0.3) is 0 Å². The summed E-state index contributed by atoms with van der Waals surface area (Å²) in [7, 11) is 0. The minimum atomic E-state index is -0.101. The van der Waals surface area contributed by atoms with Gasteiger partial charge < -0.3 is 15.5 Å². The van der Waals surface area contributed by atoms with E-state index in [0.717, 1.165) is 19.5 Å². The van der Waals surface area contributed by atoms with Gasteiger partial charge in [0.2, 0.25) is 0 Å². The van der Waals surface area contributed by atoms with Gasteiger partial charge in [0.05, 0.1) is 0 Å². The zero-order chi connectivity index (χ0) is 10.1. The quantitative estimate of drug-likeness (QED) is 0.624. The average Bonchev–Trinajstić information content (AvgIpc) is 2.65. The van der Waals surface area contributed by atoms with E-state index in [9.17, 15) is 10.2 Å². The number of phenolic OH excluding ortho intramolecular Hbond substituents is 2. The molecule has 1 unspecified atom stereocenters. The smallest absolute Gasteiger partial charge is 0.162 e. The fraction of sp³-hybridized carbons (Fsp3) is 0.400. The molecular formula is C10H12ClNO2. The van der Waals surface area contributed by atoms with Crippen LogP contribution in [-0.2, 0) is 0 Å². The van der Waals surface area contributed by atoms with Crippen LogP contribution in [-0.4, -0.2) is 23.3 Å². The highest BCUT2D eigenvalue weighted by molar-refractivity contribution is 6.31. The Kier molecular flexibility index (Phi) is 2.52. The van der Waals surface area contributed by atoms with Gasteiger partial charge in [0, 0.05) is 23.0 Å². The van der Waals surface area contributed by atoms with Crippen LogP contribution in [0.15, 0.2) is 12.1 Å². The van der Waals surface area contributed by atoms with E-state index in [2.05, 4.69) is 5.32 Å². The summed E-state index contributed by atoms with van der Waals surface area (Å²) < 4.78 is 0. The maximum absolute atomic E-state index is 9.68. The largest absolute Gasteiger partial charge is 0.504 e. The average molecular weight is 214 g/mol. The Morgan fingerprint density at radius 2 is 2.14 bits per heavy atom. The number of hydrogen-bond donors (Lipinski definition) is 3. The Morgan fingerprint density at radius 1 is 1.36 bits per heavy atom. The first-order valence-corrected chi connectivity index (χ1v) is 4.99. The molecule has 1 fully saturated rings. The van der Waals surface area contributed by atoms with Crippen molar-refractivity contribution in [2.24, 2.45) is 0 Å². The van der Waals surface area contributed by atoms with Gasteiger partial charge in [-0.05, 0) is 25.1 Å². The van der Waals surface area contributed by atoms with Crippen LogP contribution in [0.5, 0.6) is 11.5 Å². The number of hydrogen-bond acceptors (Lipinski definition) is 3. The molecule has 0 radical (unpaired) electrons. The molecule has 0 aliphatic carbocycles. The first-order valence-electron chi connectivity index (χ1n) is 4.61. The highest BCUT2D eigenvalue weighted by Gasteiger charge is 2.23. The monoisotopic (exact) mass is 213 g/mol. The summed E-state index contributed by atoms with van der Waals surface area (Å²) in [6.45, 7) is 1.73. The van der Waals surface area contributed by atoms with Gasteiger partial charge in [-0.15, -0.1) is 0 Å². The van der Waals surface area contributed by atoms with Crippen molar-refractivity contribution in [3.05, 3.63) is 22.7 Å². The second kappa shape index (κ2) is 3.67. The predicted octanol–water partition coefficient (Wildman–Crippen LogP) is 1.83. The number of aromatic hydroxyl groups is 2. The van der Waals surface area contributed by atoms with Crippen molar-refractivity contribution in [3.8, 4) is 11.5 Å². The van der Waals surface area contributed by atoms with Crippen molar-refractivity contribution >= 4 is 11.6 Å². The molecule has 3 N–H and O–H groups in total. The van der Waals surface area contributed by atoms with E-state index in [4.69, 9.17) is 11.6 Å². The molecule has 0 saturated carbocycles. The molecule has 3 nitrogen and oxygen atoms in total. The van der Waals surface area contributed by atoms with Crippen molar-refractivity contribution in [2.45, 2.75) is 12.3 Å². The summed E-state index contributed by atoms with van der Waals surface area (Å²) in [5.41, 5.74) is 0.664. The Morgan fingerprint density at radius 3 is 2.79 bits per heavy atom. The zero-order valence-electron chi connectivity index (χ0n) is 7.63. The molecule has 0 bridgehead atoms. The lowest BCUT2D eigenvalue weighted by molar-refractivity contribution is 0.396. The Balaban J connectivity index is 2.44. The number of rotatable bonds is 1. The molecule has 1 aliphatic rings. The molecule has 1 aliphatic heterocycles. The lowest BCUT2D eigenvalue weighted by Gasteiger charge is -2.13. The van der Waals surface area contributed by atoms with E-state index in [-0.39, 0.29) is 17.4 Å². The number of benzene rings is 1. The fourth-order valence-corrected chi connectivity index (χ4v) is 2.17. The maximum atomic E-state index is 9.68. The molecule has 1 heterocycles. The second-order valence-corrected chi connectivity index (χ2v) is 3.93. The molecule has 4 heteroatoms. The Hall–Kier alpha value is -0.930. The van der Waals surface area contributed by atoms with Gasteiger partial charge >= 0.3 is 0 Å². The van der Waals surface area contributed by atoms with Gasteiger partial charge in [0.15, 0.2) is 11.5 Å². The molecule has 0 spiro atoms. The SMILES string of the molecule is Oc1ccc(Cl)c(C2CCNC2)c1O. The Bertz CT molecular complexity index is 348. The van der Waals surface area contributed by atoms with Crippen LogP contribution in [0.1, 0.15) is 17.9 Å². The van der Waals surface area contributed by atoms with Crippen LogP contribution >= 0.6 is 11.6 Å². The van der Waals surface area contributed by atoms with Crippen LogP contribution in [0.3, 0.4) is 0 Å². The highest BCUT2D eigenvalue weighted by Crippen LogP contribution is 2.40. The number of nitrogens with one attached hydrogen (secondary N) is 1. The summed E-state index contributed by atoms with van der Waals surface area (Å²) >= 11 is 5.98. The Labute approximate surface area is 87.3 Å². The van der Waals surface area contributed by atoms with E-state index in [1.165, 1.54) is 6.07 Å². The molecular weight excluding hydrogens is 202 g/mol. The van der Waals surface area contributed by atoms with Crippen LogP contribution < -0.4 is 5.32 Å². The first kappa shape index (κ1) is 9.62. The van der Waals surface area contributed by atoms with Crippen LogP contribution in [0, 0.1) is 0 Å². The van der Waals surface area contributed by atoms with Gasteiger partial charge in [-0.25, -0.2) is 0 Å². The van der Waals surface area contributed by atoms with Crippen LogP contribution in [0.4, 0.5) is 0 Å². The summed E-state index contributed by atoms with van der Waals surface area (Å²) in [5.74, 6) is 0.0251. The van der Waals surface area contributed by atoms with Gasteiger partial charge in [0.1, 0.15) is 0 Å². The molecule has 76 valence electrons. The van der Waals surface area contributed by atoms with Crippen molar-refractivity contribution in [1.29, 1.82) is 0 Å². The predicted molar refractivity (Wildman–Crippen MR) is 55.0 cm³/mol. The zero-order valence-corrected chi connectivity index (χ0v) is 8.38. The molecule has 14 heavy (non-hydrogen) atoms. The first-order chi connectivity index (χ1) is 6.70. The second-order valence-electron chi connectivity index (χ2n) is 3.52. The van der Waals surface area contributed by atoms with Gasteiger partial charge in [-0.3, -0.25) is 0 Å². The van der Waals surface area contributed by atoms with E-state index in [1.54, 1.807) is 6.07 Å². The van der Waals surface area contributed by atoms with Crippen LogP contribution in [0.25, 0.3) is 0 Å².